The molecule has 11 heavy (non-hydrogen) atoms. The summed E-state index contributed by atoms with van der Waals surface area (Å²) < 4.78 is 5.40. The summed E-state index contributed by atoms with van der Waals surface area (Å²) in [5, 5.41) is 9.60. The summed E-state index contributed by atoms with van der Waals surface area (Å²) in [6, 6.07) is 0. The average Bonchev–Trinajstić information content (AvgIpc) is 2.01. The molecule has 2 nitrogen and oxygen atoms in total. The van der Waals surface area contributed by atoms with Gasteiger partial charge in [0.1, 0.15) is 6.10 Å². The minimum Gasteiger partial charge on any atom is -0.498 e. The molecular formula is C9H16O2. The highest BCUT2D eigenvalue weighted by molar-refractivity contribution is 5.07. The second kappa shape index (κ2) is 3.26. The van der Waals surface area contributed by atoms with Crippen LogP contribution in [0.3, 0.4) is 0 Å². The van der Waals surface area contributed by atoms with E-state index in [0.29, 0.717) is 0 Å². The zero-order chi connectivity index (χ0) is 8.43. The van der Waals surface area contributed by atoms with Crippen LogP contribution >= 0.6 is 0 Å². The van der Waals surface area contributed by atoms with Crippen molar-refractivity contribution in [1.82, 2.24) is 0 Å². The molecule has 0 aromatic rings. The van der Waals surface area contributed by atoms with Crippen LogP contribution in [0.2, 0.25) is 0 Å². The van der Waals surface area contributed by atoms with E-state index >= 15 is 0 Å². The van der Waals surface area contributed by atoms with Gasteiger partial charge in [0, 0.05) is 5.92 Å². The fourth-order valence-corrected chi connectivity index (χ4v) is 1.47. The minimum atomic E-state index is -0.311. The van der Waals surface area contributed by atoms with Crippen LogP contribution in [-0.4, -0.2) is 17.3 Å². The predicted molar refractivity (Wildman–Crippen MR) is 44.1 cm³/mol. The molecule has 0 saturated heterocycles. The minimum absolute atomic E-state index is 0.189. The van der Waals surface area contributed by atoms with Crippen molar-refractivity contribution < 1.29 is 9.84 Å². The Kier molecular flexibility index (Phi) is 2.55. The molecule has 0 bridgehead atoms. The highest BCUT2D eigenvalue weighted by Crippen LogP contribution is 2.25. The van der Waals surface area contributed by atoms with Crippen molar-refractivity contribution in [2.75, 3.05) is 0 Å². The third-order valence-electron chi connectivity index (χ3n) is 2.38. The Balaban J connectivity index is 2.68. The summed E-state index contributed by atoms with van der Waals surface area (Å²) in [6.07, 6.45) is 2.52. The topological polar surface area (TPSA) is 29.5 Å². The van der Waals surface area contributed by atoms with E-state index in [1.807, 2.05) is 13.8 Å². The van der Waals surface area contributed by atoms with E-state index in [1.54, 1.807) is 6.26 Å². The van der Waals surface area contributed by atoms with Gasteiger partial charge in [0.2, 0.25) is 0 Å². The molecule has 0 fully saturated rings. The molecule has 0 aromatic heterocycles. The molecule has 1 heterocycles. The summed E-state index contributed by atoms with van der Waals surface area (Å²) in [5.74, 6) is 0.227. The Morgan fingerprint density at radius 2 is 2.27 bits per heavy atom. The lowest BCUT2D eigenvalue weighted by atomic mass is 9.90. The lowest BCUT2D eigenvalue weighted by molar-refractivity contribution is 0.00173. The molecule has 0 radical (unpaired) electrons. The maximum Gasteiger partial charge on any atom is 0.103 e. The van der Waals surface area contributed by atoms with Crippen LogP contribution in [0.4, 0.5) is 0 Å². The van der Waals surface area contributed by atoms with Gasteiger partial charge in [0.25, 0.3) is 0 Å². The smallest absolute Gasteiger partial charge is 0.103 e. The molecule has 0 aliphatic carbocycles. The van der Waals surface area contributed by atoms with Crippen LogP contribution in [0, 0.1) is 5.92 Å². The second-order valence-electron chi connectivity index (χ2n) is 3.25. The molecule has 64 valence electrons. The Hall–Kier alpha value is -0.500. The van der Waals surface area contributed by atoms with Gasteiger partial charge in [-0.2, -0.15) is 0 Å². The molecule has 0 unspecified atom stereocenters. The fraction of sp³-hybridized carbons (Fsp3) is 0.778. The molecule has 0 amide bonds. The molecule has 0 saturated carbocycles. The first kappa shape index (κ1) is 8.60. The Morgan fingerprint density at radius 3 is 2.82 bits per heavy atom. The summed E-state index contributed by atoms with van der Waals surface area (Å²) >= 11 is 0. The average molecular weight is 156 g/mol. The molecule has 3 atom stereocenters. The van der Waals surface area contributed by atoms with Gasteiger partial charge >= 0.3 is 0 Å². The van der Waals surface area contributed by atoms with E-state index < -0.39 is 0 Å². The lowest BCUT2D eigenvalue weighted by Gasteiger charge is -2.31. The van der Waals surface area contributed by atoms with Gasteiger partial charge in [0.15, 0.2) is 0 Å². The Morgan fingerprint density at radius 1 is 1.64 bits per heavy atom. The molecule has 1 N–H and O–H groups in total. The number of rotatable bonds is 1. The molecule has 1 aliphatic rings. The van der Waals surface area contributed by atoms with Crippen LogP contribution < -0.4 is 0 Å². The summed E-state index contributed by atoms with van der Waals surface area (Å²) in [4.78, 5) is 0. The normalized spacial score (nSPS) is 37.8. The standard InChI is InChI=1S/C9H16O2/c1-4-8-7(3)9(10)6(2)5-11-8/h5,7-10H,4H2,1-3H3/t7-,8+,9-/m0/s1. The maximum absolute atomic E-state index is 9.60. The van der Waals surface area contributed by atoms with E-state index in [2.05, 4.69) is 6.92 Å². The van der Waals surface area contributed by atoms with E-state index in [0.717, 1.165) is 12.0 Å². The lowest BCUT2D eigenvalue weighted by Crippen LogP contribution is -2.34. The number of hydrogen-bond acceptors (Lipinski definition) is 2. The van der Waals surface area contributed by atoms with Crippen LogP contribution in [-0.2, 0) is 4.74 Å². The van der Waals surface area contributed by atoms with Gasteiger partial charge in [-0.15, -0.1) is 0 Å². The molecule has 0 aromatic carbocycles. The van der Waals surface area contributed by atoms with Gasteiger partial charge < -0.3 is 9.84 Å². The van der Waals surface area contributed by atoms with Crippen molar-refractivity contribution in [1.29, 1.82) is 0 Å². The highest BCUT2D eigenvalue weighted by atomic mass is 16.5. The zero-order valence-electron chi connectivity index (χ0n) is 7.37. The summed E-state index contributed by atoms with van der Waals surface area (Å²) in [6.45, 7) is 5.99. The van der Waals surface area contributed by atoms with Crippen molar-refractivity contribution in [2.45, 2.75) is 39.4 Å². The van der Waals surface area contributed by atoms with E-state index in [4.69, 9.17) is 4.74 Å². The van der Waals surface area contributed by atoms with Gasteiger partial charge in [-0.25, -0.2) is 0 Å². The monoisotopic (exact) mass is 156 g/mol. The largest absolute Gasteiger partial charge is 0.498 e. The Labute approximate surface area is 67.9 Å². The molecular weight excluding hydrogens is 140 g/mol. The zero-order valence-corrected chi connectivity index (χ0v) is 7.37. The fourth-order valence-electron chi connectivity index (χ4n) is 1.47. The van der Waals surface area contributed by atoms with Gasteiger partial charge in [-0.1, -0.05) is 13.8 Å². The number of ether oxygens (including phenoxy) is 1. The van der Waals surface area contributed by atoms with Crippen LogP contribution in [0.5, 0.6) is 0 Å². The van der Waals surface area contributed by atoms with Gasteiger partial charge in [0.05, 0.1) is 12.4 Å². The molecule has 1 rings (SSSR count). The van der Waals surface area contributed by atoms with Crippen LogP contribution in [0.1, 0.15) is 27.2 Å². The molecule has 1 aliphatic heterocycles. The Bertz CT molecular complexity index is 163. The van der Waals surface area contributed by atoms with E-state index in [1.165, 1.54) is 0 Å². The summed E-state index contributed by atoms with van der Waals surface area (Å²) in [7, 11) is 0. The predicted octanol–water partition coefficient (Wildman–Crippen LogP) is 1.70. The van der Waals surface area contributed by atoms with Gasteiger partial charge in [-0.3, -0.25) is 0 Å². The maximum atomic E-state index is 9.60. The van der Waals surface area contributed by atoms with E-state index in [9.17, 15) is 5.11 Å². The number of hydrogen-bond donors (Lipinski definition) is 1. The first-order valence-corrected chi connectivity index (χ1v) is 4.17. The van der Waals surface area contributed by atoms with Crippen molar-refractivity contribution in [3.8, 4) is 0 Å². The molecule has 2 heteroatoms. The first-order valence-electron chi connectivity index (χ1n) is 4.17. The number of aliphatic hydroxyl groups excluding tert-OH is 1. The van der Waals surface area contributed by atoms with Gasteiger partial charge in [-0.05, 0) is 18.9 Å². The third kappa shape index (κ3) is 1.56. The highest BCUT2D eigenvalue weighted by Gasteiger charge is 2.28. The van der Waals surface area contributed by atoms with Crippen molar-refractivity contribution in [2.24, 2.45) is 5.92 Å². The van der Waals surface area contributed by atoms with E-state index in [-0.39, 0.29) is 18.1 Å². The van der Waals surface area contributed by atoms with Crippen molar-refractivity contribution in [3.63, 3.8) is 0 Å². The quantitative estimate of drug-likeness (QED) is 0.626. The second-order valence-corrected chi connectivity index (χ2v) is 3.25. The SMILES string of the molecule is CC[C@H]1OC=C(C)[C@H](O)[C@H]1C. The summed E-state index contributed by atoms with van der Waals surface area (Å²) in [5.41, 5.74) is 0.933. The van der Waals surface area contributed by atoms with Crippen LogP contribution in [0.15, 0.2) is 11.8 Å². The first-order chi connectivity index (χ1) is 5.16. The van der Waals surface area contributed by atoms with Crippen LogP contribution in [0.25, 0.3) is 0 Å². The van der Waals surface area contributed by atoms with Crippen molar-refractivity contribution >= 4 is 0 Å². The third-order valence-corrected chi connectivity index (χ3v) is 2.38. The van der Waals surface area contributed by atoms with Crippen molar-refractivity contribution in [3.05, 3.63) is 11.8 Å². The number of aliphatic hydroxyl groups is 1. The molecule has 0 spiro atoms.